The highest BCUT2D eigenvalue weighted by atomic mass is 16.5. The minimum absolute atomic E-state index is 0.0264. The molecule has 0 fully saturated rings. The minimum Gasteiger partial charge on any atom is -0.481 e. The fourth-order valence-electron chi connectivity index (χ4n) is 1.61. The van der Waals surface area contributed by atoms with Crippen molar-refractivity contribution >= 4 is 11.9 Å². The molecule has 0 aliphatic heterocycles. The first-order valence-electron chi connectivity index (χ1n) is 5.97. The number of methoxy groups -OCH3 is 1. The average molecular weight is 277 g/mol. The van der Waals surface area contributed by atoms with Crippen molar-refractivity contribution in [2.24, 2.45) is 0 Å². The number of anilines is 1. The molecule has 8 nitrogen and oxygen atoms in total. The number of carboxylic acid groups (broad SMARTS) is 1. The van der Waals surface area contributed by atoms with Gasteiger partial charge in [-0.2, -0.15) is 4.98 Å². The zero-order valence-corrected chi connectivity index (χ0v) is 11.2. The summed E-state index contributed by atoms with van der Waals surface area (Å²) in [4.78, 5) is 22.8. The molecule has 0 radical (unpaired) electrons. The van der Waals surface area contributed by atoms with E-state index >= 15 is 0 Å². The Kier molecular flexibility index (Phi) is 4.14. The summed E-state index contributed by atoms with van der Waals surface area (Å²) >= 11 is 0. The Morgan fingerprint density at radius 3 is 2.95 bits per heavy atom. The molecular weight excluding hydrogens is 262 g/mol. The number of hydrogen-bond donors (Lipinski definition) is 2. The number of imidazole rings is 1. The molecule has 2 N–H and O–H groups in total. The molecule has 0 atom stereocenters. The summed E-state index contributed by atoms with van der Waals surface area (Å²) in [6.07, 6.45) is 2.95. The van der Waals surface area contributed by atoms with E-state index in [1.165, 1.54) is 12.5 Å². The van der Waals surface area contributed by atoms with Crippen LogP contribution in [0.15, 0.2) is 18.6 Å². The van der Waals surface area contributed by atoms with Crippen LogP contribution in [0.5, 0.6) is 5.88 Å². The molecule has 0 aliphatic carbocycles. The van der Waals surface area contributed by atoms with Gasteiger partial charge in [-0.15, -0.1) is 0 Å². The lowest BCUT2D eigenvalue weighted by atomic mass is 10.4. The van der Waals surface area contributed by atoms with Gasteiger partial charge in [-0.1, -0.05) is 0 Å². The maximum atomic E-state index is 10.7. The Hall–Kier alpha value is -2.64. The Morgan fingerprint density at radius 2 is 2.30 bits per heavy atom. The van der Waals surface area contributed by atoms with Crippen LogP contribution in [0, 0.1) is 6.92 Å². The highest BCUT2D eigenvalue weighted by Crippen LogP contribution is 2.10. The number of hydrogen-bond acceptors (Lipinski definition) is 6. The zero-order chi connectivity index (χ0) is 14.5. The van der Waals surface area contributed by atoms with Crippen LogP contribution in [0.25, 0.3) is 0 Å². The second-order valence-electron chi connectivity index (χ2n) is 4.10. The first-order chi connectivity index (χ1) is 9.58. The summed E-state index contributed by atoms with van der Waals surface area (Å²) in [6, 6.07) is 1.74. The second kappa shape index (κ2) is 6.00. The van der Waals surface area contributed by atoms with Crippen molar-refractivity contribution in [3.8, 4) is 5.88 Å². The molecule has 0 bridgehead atoms. The lowest BCUT2D eigenvalue weighted by Crippen LogP contribution is -2.12. The van der Waals surface area contributed by atoms with Crippen molar-refractivity contribution in [3.05, 3.63) is 30.0 Å². The van der Waals surface area contributed by atoms with Crippen molar-refractivity contribution in [1.29, 1.82) is 0 Å². The summed E-state index contributed by atoms with van der Waals surface area (Å²) in [7, 11) is 1.55. The monoisotopic (exact) mass is 277 g/mol. The molecule has 0 saturated heterocycles. The van der Waals surface area contributed by atoms with Gasteiger partial charge < -0.3 is 19.7 Å². The number of aromatic nitrogens is 4. The lowest BCUT2D eigenvalue weighted by molar-refractivity contribution is 0.0691. The molecule has 0 aromatic carbocycles. The SMILES string of the molecule is COc1cc(C)nc(NCCn2cnc(C(=O)O)c2)n1. The van der Waals surface area contributed by atoms with Gasteiger partial charge in [-0.25, -0.2) is 14.8 Å². The summed E-state index contributed by atoms with van der Waals surface area (Å²) in [5, 5.41) is 11.8. The molecule has 106 valence electrons. The molecule has 2 aromatic heterocycles. The van der Waals surface area contributed by atoms with Gasteiger partial charge in [0, 0.05) is 31.0 Å². The molecular formula is C12H15N5O3. The average Bonchev–Trinajstić information content (AvgIpc) is 2.87. The van der Waals surface area contributed by atoms with Crippen LogP contribution in [0.3, 0.4) is 0 Å². The quantitative estimate of drug-likeness (QED) is 0.805. The highest BCUT2D eigenvalue weighted by molar-refractivity contribution is 5.84. The van der Waals surface area contributed by atoms with E-state index in [0.717, 1.165) is 5.69 Å². The number of ether oxygens (including phenoxy) is 1. The first-order valence-corrected chi connectivity index (χ1v) is 5.97. The van der Waals surface area contributed by atoms with Crippen molar-refractivity contribution in [2.75, 3.05) is 19.0 Å². The Balaban J connectivity index is 1.92. The molecule has 20 heavy (non-hydrogen) atoms. The number of nitrogens with one attached hydrogen (secondary N) is 1. The maximum Gasteiger partial charge on any atom is 0.356 e. The van der Waals surface area contributed by atoms with E-state index in [0.29, 0.717) is 24.9 Å². The lowest BCUT2D eigenvalue weighted by Gasteiger charge is -2.07. The van der Waals surface area contributed by atoms with E-state index in [1.807, 2.05) is 6.92 Å². The van der Waals surface area contributed by atoms with Crippen LogP contribution < -0.4 is 10.1 Å². The van der Waals surface area contributed by atoms with Crippen molar-refractivity contribution in [2.45, 2.75) is 13.5 Å². The molecule has 0 aliphatic rings. The van der Waals surface area contributed by atoms with Gasteiger partial charge in [-0.05, 0) is 6.92 Å². The summed E-state index contributed by atoms with van der Waals surface area (Å²) in [5.41, 5.74) is 0.827. The Labute approximate surface area is 115 Å². The van der Waals surface area contributed by atoms with Crippen molar-refractivity contribution < 1.29 is 14.6 Å². The number of carboxylic acids is 1. The third-order valence-corrected chi connectivity index (χ3v) is 2.55. The summed E-state index contributed by atoms with van der Waals surface area (Å²) < 4.78 is 6.74. The topological polar surface area (TPSA) is 102 Å². The van der Waals surface area contributed by atoms with Crippen LogP contribution in [-0.2, 0) is 6.54 Å². The number of aromatic carboxylic acids is 1. The minimum atomic E-state index is -1.04. The molecule has 8 heteroatoms. The van der Waals surface area contributed by atoms with Gasteiger partial charge in [0.25, 0.3) is 0 Å². The Bertz CT molecular complexity index is 611. The third kappa shape index (κ3) is 3.44. The van der Waals surface area contributed by atoms with E-state index in [1.54, 1.807) is 17.7 Å². The smallest absolute Gasteiger partial charge is 0.356 e. The van der Waals surface area contributed by atoms with Crippen LogP contribution >= 0.6 is 0 Å². The molecule has 2 heterocycles. The highest BCUT2D eigenvalue weighted by Gasteiger charge is 2.06. The molecule has 0 saturated carbocycles. The largest absolute Gasteiger partial charge is 0.481 e. The third-order valence-electron chi connectivity index (χ3n) is 2.55. The number of rotatable bonds is 6. The first kappa shape index (κ1) is 13.8. The predicted molar refractivity (Wildman–Crippen MR) is 71.0 cm³/mol. The van der Waals surface area contributed by atoms with Gasteiger partial charge in [0.15, 0.2) is 5.69 Å². The fourth-order valence-corrected chi connectivity index (χ4v) is 1.61. The van der Waals surface area contributed by atoms with E-state index in [-0.39, 0.29) is 5.69 Å². The number of nitrogens with zero attached hydrogens (tertiary/aromatic N) is 4. The van der Waals surface area contributed by atoms with E-state index in [2.05, 4.69) is 20.3 Å². The number of aryl methyl sites for hydroxylation is 1. The van der Waals surface area contributed by atoms with Gasteiger partial charge in [-0.3, -0.25) is 0 Å². The van der Waals surface area contributed by atoms with E-state index < -0.39 is 5.97 Å². The van der Waals surface area contributed by atoms with Crippen LogP contribution in [0.1, 0.15) is 16.2 Å². The van der Waals surface area contributed by atoms with Gasteiger partial charge in [0.1, 0.15) is 0 Å². The van der Waals surface area contributed by atoms with Crippen molar-refractivity contribution in [1.82, 2.24) is 19.5 Å². The van der Waals surface area contributed by atoms with Gasteiger partial charge >= 0.3 is 5.97 Å². The van der Waals surface area contributed by atoms with Crippen molar-refractivity contribution in [3.63, 3.8) is 0 Å². The van der Waals surface area contributed by atoms with Gasteiger partial charge in [0.2, 0.25) is 11.8 Å². The molecule has 2 aromatic rings. The van der Waals surface area contributed by atoms with Gasteiger partial charge in [0.05, 0.1) is 13.4 Å². The standard InChI is InChI=1S/C12H15N5O3/c1-8-5-10(20-2)16-12(15-8)13-3-4-17-6-9(11(18)19)14-7-17/h5-7H,3-4H2,1-2H3,(H,18,19)(H,13,15,16). The van der Waals surface area contributed by atoms with Crippen LogP contribution in [0.2, 0.25) is 0 Å². The van der Waals surface area contributed by atoms with Crippen LogP contribution in [0.4, 0.5) is 5.95 Å². The zero-order valence-electron chi connectivity index (χ0n) is 11.2. The fraction of sp³-hybridized carbons (Fsp3) is 0.333. The van der Waals surface area contributed by atoms with E-state index in [9.17, 15) is 4.79 Å². The second-order valence-corrected chi connectivity index (χ2v) is 4.10. The molecule has 0 unspecified atom stereocenters. The number of carbonyl (C=O) groups is 1. The summed E-state index contributed by atoms with van der Waals surface area (Å²) in [6.45, 7) is 2.95. The predicted octanol–water partition coefficient (Wildman–Crippen LogP) is 0.800. The molecule has 0 amide bonds. The normalized spacial score (nSPS) is 10.3. The summed E-state index contributed by atoms with van der Waals surface area (Å²) in [5.74, 6) is -0.0697. The Morgan fingerprint density at radius 1 is 1.50 bits per heavy atom. The van der Waals surface area contributed by atoms with E-state index in [4.69, 9.17) is 9.84 Å². The molecule has 2 rings (SSSR count). The molecule has 0 spiro atoms. The maximum absolute atomic E-state index is 10.7. The van der Waals surface area contributed by atoms with Crippen LogP contribution in [-0.4, -0.2) is 44.2 Å².